The van der Waals surface area contributed by atoms with E-state index in [1.54, 1.807) is 6.07 Å². The van der Waals surface area contributed by atoms with Crippen molar-refractivity contribution in [2.45, 2.75) is 25.9 Å². The van der Waals surface area contributed by atoms with Crippen LogP contribution in [0, 0.1) is 5.92 Å². The molecule has 1 heterocycles. The molecule has 1 saturated carbocycles. The molecule has 1 aliphatic rings. The van der Waals surface area contributed by atoms with E-state index in [0.29, 0.717) is 17.4 Å². The predicted molar refractivity (Wildman–Crippen MR) is 84.7 cm³/mol. The van der Waals surface area contributed by atoms with Gasteiger partial charge in [-0.2, -0.15) is 0 Å². The topological polar surface area (TPSA) is 88.9 Å². The first kappa shape index (κ1) is 15.5. The Labute approximate surface area is 138 Å². The molecule has 0 saturated heterocycles. The molecule has 8 heteroatoms. The molecule has 2 amide bonds. The van der Waals surface area contributed by atoms with Crippen LogP contribution in [0.5, 0.6) is 0 Å². The van der Waals surface area contributed by atoms with E-state index in [4.69, 9.17) is 11.6 Å². The van der Waals surface area contributed by atoms with E-state index in [2.05, 4.69) is 20.9 Å². The summed E-state index contributed by atoms with van der Waals surface area (Å²) >= 11 is 6.03. The molecule has 0 unspecified atom stereocenters. The fourth-order valence-corrected chi connectivity index (χ4v) is 2.25. The summed E-state index contributed by atoms with van der Waals surface area (Å²) in [5.74, 6) is 0.204. The van der Waals surface area contributed by atoms with Gasteiger partial charge in [0.05, 0.1) is 6.20 Å². The maximum atomic E-state index is 11.9. The van der Waals surface area contributed by atoms with Gasteiger partial charge in [-0.25, -0.2) is 4.68 Å². The normalized spacial score (nSPS) is 13.6. The van der Waals surface area contributed by atoms with Gasteiger partial charge >= 0.3 is 0 Å². The van der Waals surface area contributed by atoms with Crippen molar-refractivity contribution in [2.24, 2.45) is 5.92 Å². The first-order chi connectivity index (χ1) is 11.1. The lowest BCUT2D eigenvalue weighted by molar-refractivity contribution is -0.122. The maximum absolute atomic E-state index is 11.9. The van der Waals surface area contributed by atoms with E-state index < -0.39 is 0 Å². The van der Waals surface area contributed by atoms with Crippen LogP contribution in [0.25, 0.3) is 0 Å². The minimum Gasteiger partial charge on any atom is -0.350 e. The molecule has 1 aliphatic carbocycles. The largest absolute Gasteiger partial charge is 0.350 e. The SMILES string of the molecule is O=C(Cn1cc(NC(=O)C2CC2)nn1)NCc1ccccc1Cl. The standard InChI is InChI=1S/C15H16ClN5O2/c16-12-4-2-1-3-11(12)7-17-14(22)9-21-8-13(19-20-21)18-15(23)10-5-6-10/h1-4,8,10H,5-7,9H2,(H,17,22)(H,18,23). The molecule has 1 aromatic heterocycles. The van der Waals surface area contributed by atoms with Crippen molar-refractivity contribution in [1.29, 1.82) is 0 Å². The summed E-state index contributed by atoms with van der Waals surface area (Å²) in [5, 5.41) is 13.7. The maximum Gasteiger partial charge on any atom is 0.242 e. The van der Waals surface area contributed by atoms with Crippen molar-refractivity contribution in [3.8, 4) is 0 Å². The number of benzene rings is 1. The Balaban J connectivity index is 1.49. The second-order valence-corrected chi connectivity index (χ2v) is 5.84. The second kappa shape index (κ2) is 6.78. The minimum absolute atomic E-state index is 0.0246. The lowest BCUT2D eigenvalue weighted by Crippen LogP contribution is -2.27. The molecule has 1 fully saturated rings. The van der Waals surface area contributed by atoms with Gasteiger partial charge in [0.15, 0.2) is 5.82 Å². The average Bonchev–Trinajstić information content (AvgIpc) is 3.29. The third-order valence-electron chi connectivity index (χ3n) is 3.48. The Morgan fingerprint density at radius 2 is 2.09 bits per heavy atom. The molecule has 0 atom stereocenters. The van der Waals surface area contributed by atoms with Crippen LogP contribution in [-0.4, -0.2) is 26.8 Å². The summed E-state index contributed by atoms with van der Waals surface area (Å²) < 4.78 is 1.38. The Morgan fingerprint density at radius 1 is 1.30 bits per heavy atom. The van der Waals surface area contributed by atoms with Crippen LogP contribution in [0.4, 0.5) is 5.82 Å². The fraction of sp³-hybridized carbons (Fsp3) is 0.333. The van der Waals surface area contributed by atoms with Crippen LogP contribution in [0.3, 0.4) is 0 Å². The van der Waals surface area contributed by atoms with Crippen LogP contribution in [-0.2, 0) is 22.7 Å². The molecule has 0 spiro atoms. The molecule has 120 valence electrons. The summed E-state index contributed by atoms with van der Waals surface area (Å²) in [5.41, 5.74) is 0.846. The van der Waals surface area contributed by atoms with Crippen molar-refractivity contribution >= 4 is 29.2 Å². The molecule has 23 heavy (non-hydrogen) atoms. The molecule has 1 aromatic carbocycles. The number of hydrogen-bond acceptors (Lipinski definition) is 4. The highest BCUT2D eigenvalue weighted by Crippen LogP contribution is 2.29. The highest BCUT2D eigenvalue weighted by atomic mass is 35.5. The highest BCUT2D eigenvalue weighted by Gasteiger charge is 2.30. The number of carbonyl (C=O) groups excluding carboxylic acids is 2. The molecule has 7 nitrogen and oxygen atoms in total. The third-order valence-corrected chi connectivity index (χ3v) is 3.85. The number of aromatic nitrogens is 3. The zero-order chi connectivity index (χ0) is 16.2. The number of nitrogens with one attached hydrogen (secondary N) is 2. The Hall–Kier alpha value is -2.41. The minimum atomic E-state index is -0.213. The summed E-state index contributed by atoms with van der Waals surface area (Å²) in [6.45, 7) is 0.370. The number of amides is 2. The second-order valence-electron chi connectivity index (χ2n) is 5.43. The van der Waals surface area contributed by atoms with Gasteiger partial charge in [0, 0.05) is 17.5 Å². The molecule has 3 rings (SSSR count). The van der Waals surface area contributed by atoms with E-state index in [1.807, 2.05) is 18.2 Å². The number of rotatable bonds is 6. The number of nitrogens with zero attached hydrogens (tertiary/aromatic N) is 3. The van der Waals surface area contributed by atoms with E-state index in [9.17, 15) is 9.59 Å². The number of carbonyl (C=O) groups is 2. The number of hydrogen-bond donors (Lipinski definition) is 2. The highest BCUT2D eigenvalue weighted by molar-refractivity contribution is 6.31. The van der Waals surface area contributed by atoms with Gasteiger partial charge in [0.1, 0.15) is 6.54 Å². The molecule has 2 N–H and O–H groups in total. The van der Waals surface area contributed by atoms with Crippen LogP contribution in [0.2, 0.25) is 5.02 Å². The van der Waals surface area contributed by atoms with Gasteiger partial charge in [0.25, 0.3) is 0 Å². The molecule has 2 aromatic rings. The van der Waals surface area contributed by atoms with Crippen LogP contribution in [0.15, 0.2) is 30.5 Å². The molecule has 0 radical (unpaired) electrons. The molecular weight excluding hydrogens is 318 g/mol. The van der Waals surface area contributed by atoms with Gasteiger partial charge < -0.3 is 10.6 Å². The van der Waals surface area contributed by atoms with Crippen LogP contribution < -0.4 is 10.6 Å². The summed E-state index contributed by atoms with van der Waals surface area (Å²) in [7, 11) is 0. The Morgan fingerprint density at radius 3 is 2.83 bits per heavy atom. The third kappa shape index (κ3) is 4.29. The number of anilines is 1. The number of halogens is 1. The predicted octanol–water partition coefficient (Wildman–Crippen LogP) is 1.60. The first-order valence-corrected chi connectivity index (χ1v) is 7.71. The van der Waals surface area contributed by atoms with Gasteiger partial charge in [-0.05, 0) is 24.5 Å². The van der Waals surface area contributed by atoms with Crippen molar-refractivity contribution in [3.05, 3.63) is 41.0 Å². The van der Waals surface area contributed by atoms with Gasteiger partial charge in [0.2, 0.25) is 11.8 Å². The summed E-state index contributed by atoms with van der Waals surface area (Å²) in [6.07, 6.45) is 3.38. The van der Waals surface area contributed by atoms with Crippen LogP contribution >= 0.6 is 11.6 Å². The quantitative estimate of drug-likeness (QED) is 0.840. The van der Waals surface area contributed by atoms with Crippen molar-refractivity contribution in [2.75, 3.05) is 5.32 Å². The van der Waals surface area contributed by atoms with Crippen molar-refractivity contribution < 1.29 is 9.59 Å². The summed E-state index contributed by atoms with van der Waals surface area (Å²) in [6, 6.07) is 7.32. The lowest BCUT2D eigenvalue weighted by Gasteiger charge is -2.06. The smallest absolute Gasteiger partial charge is 0.242 e. The van der Waals surface area contributed by atoms with Gasteiger partial charge in [-0.1, -0.05) is 35.0 Å². The fourth-order valence-electron chi connectivity index (χ4n) is 2.05. The molecule has 0 bridgehead atoms. The van der Waals surface area contributed by atoms with Crippen molar-refractivity contribution in [1.82, 2.24) is 20.3 Å². The van der Waals surface area contributed by atoms with E-state index in [1.165, 1.54) is 10.9 Å². The van der Waals surface area contributed by atoms with E-state index in [-0.39, 0.29) is 24.3 Å². The van der Waals surface area contributed by atoms with Gasteiger partial charge in [-0.15, -0.1) is 5.10 Å². The summed E-state index contributed by atoms with van der Waals surface area (Å²) in [4.78, 5) is 23.5. The Kier molecular flexibility index (Phi) is 4.57. The Bertz CT molecular complexity index is 726. The first-order valence-electron chi connectivity index (χ1n) is 7.33. The average molecular weight is 334 g/mol. The zero-order valence-corrected chi connectivity index (χ0v) is 13.1. The molecule has 0 aliphatic heterocycles. The lowest BCUT2D eigenvalue weighted by atomic mass is 10.2. The van der Waals surface area contributed by atoms with Crippen molar-refractivity contribution in [3.63, 3.8) is 0 Å². The van der Waals surface area contributed by atoms with E-state index >= 15 is 0 Å². The van der Waals surface area contributed by atoms with Gasteiger partial charge in [-0.3, -0.25) is 9.59 Å². The zero-order valence-electron chi connectivity index (χ0n) is 12.3. The van der Waals surface area contributed by atoms with E-state index in [0.717, 1.165) is 18.4 Å². The van der Waals surface area contributed by atoms with Crippen LogP contribution in [0.1, 0.15) is 18.4 Å². The molecular formula is C15H16ClN5O2. The monoisotopic (exact) mass is 333 g/mol.